The van der Waals surface area contributed by atoms with Gasteiger partial charge >= 0.3 is 0 Å². The van der Waals surface area contributed by atoms with Crippen LogP contribution in [0.15, 0.2) is 30.3 Å². The van der Waals surface area contributed by atoms with E-state index in [0.717, 1.165) is 37.5 Å². The van der Waals surface area contributed by atoms with Gasteiger partial charge < -0.3 is 4.79 Å². The van der Waals surface area contributed by atoms with Gasteiger partial charge in [0.1, 0.15) is 6.29 Å². The molecular formula is C16H20O. The summed E-state index contributed by atoms with van der Waals surface area (Å²) >= 11 is 0. The van der Waals surface area contributed by atoms with Crippen LogP contribution in [0.2, 0.25) is 0 Å². The molecule has 1 aromatic carbocycles. The molecule has 2 atom stereocenters. The Morgan fingerprint density at radius 2 is 2.00 bits per heavy atom. The van der Waals surface area contributed by atoms with Crippen molar-refractivity contribution in [2.75, 3.05) is 0 Å². The van der Waals surface area contributed by atoms with Gasteiger partial charge in [0.25, 0.3) is 0 Å². The van der Waals surface area contributed by atoms with E-state index in [1.54, 1.807) is 0 Å². The molecule has 0 bridgehead atoms. The van der Waals surface area contributed by atoms with Gasteiger partial charge in [0.2, 0.25) is 0 Å². The first-order chi connectivity index (χ1) is 8.33. The zero-order valence-corrected chi connectivity index (χ0v) is 10.4. The number of terminal acetylenes is 1. The Bertz CT molecular complexity index is 361. The highest BCUT2D eigenvalue weighted by molar-refractivity contribution is 5.57. The van der Waals surface area contributed by atoms with Gasteiger partial charge in [0.05, 0.1) is 5.92 Å². The van der Waals surface area contributed by atoms with Crippen LogP contribution in [0.5, 0.6) is 0 Å². The molecule has 0 fully saturated rings. The fourth-order valence-corrected chi connectivity index (χ4v) is 2.07. The quantitative estimate of drug-likeness (QED) is 0.394. The van der Waals surface area contributed by atoms with Gasteiger partial charge in [0, 0.05) is 5.92 Å². The van der Waals surface area contributed by atoms with Gasteiger partial charge in [-0.3, -0.25) is 0 Å². The van der Waals surface area contributed by atoms with E-state index in [1.165, 1.54) is 0 Å². The van der Waals surface area contributed by atoms with Crippen molar-refractivity contribution in [1.29, 1.82) is 0 Å². The third-order valence-electron chi connectivity index (χ3n) is 3.08. The molecule has 17 heavy (non-hydrogen) atoms. The second-order valence-electron chi connectivity index (χ2n) is 4.35. The van der Waals surface area contributed by atoms with Crippen molar-refractivity contribution in [3.8, 4) is 12.3 Å². The van der Waals surface area contributed by atoms with E-state index in [1.807, 2.05) is 30.3 Å². The maximum atomic E-state index is 11.2. The van der Waals surface area contributed by atoms with E-state index in [-0.39, 0.29) is 11.8 Å². The molecule has 0 aromatic heterocycles. The summed E-state index contributed by atoms with van der Waals surface area (Å²) in [6, 6.07) is 9.90. The molecule has 0 aliphatic carbocycles. The molecule has 1 rings (SSSR count). The minimum atomic E-state index is -0.0782. The summed E-state index contributed by atoms with van der Waals surface area (Å²) in [5.41, 5.74) is 1.07. The average Bonchev–Trinajstić information content (AvgIpc) is 2.39. The number of unbranched alkanes of at least 4 members (excludes halogenated alkanes) is 2. The van der Waals surface area contributed by atoms with Crippen LogP contribution >= 0.6 is 0 Å². The van der Waals surface area contributed by atoms with Crippen LogP contribution < -0.4 is 0 Å². The van der Waals surface area contributed by atoms with Crippen LogP contribution in [-0.2, 0) is 4.79 Å². The van der Waals surface area contributed by atoms with Gasteiger partial charge in [-0.25, -0.2) is 0 Å². The van der Waals surface area contributed by atoms with Crippen molar-refractivity contribution < 1.29 is 4.79 Å². The second kappa shape index (κ2) is 7.68. The fourth-order valence-electron chi connectivity index (χ4n) is 2.07. The van der Waals surface area contributed by atoms with Crippen molar-refractivity contribution >= 4 is 6.29 Å². The third-order valence-corrected chi connectivity index (χ3v) is 3.08. The molecule has 90 valence electrons. The normalized spacial score (nSPS) is 13.6. The average molecular weight is 228 g/mol. The Labute approximate surface area is 104 Å². The first-order valence-electron chi connectivity index (χ1n) is 6.29. The lowest BCUT2D eigenvalue weighted by Crippen LogP contribution is -2.13. The molecular weight excluding hydrogens is 208 g/mol. The summed E-state index contributed by atoms with van der Waals surface area (Å²) in [5, 5.41) is 0. The van der Waals surface area contributed by atoms with Gasteiger partial charge in [-0.15, -0.1) is 6.42 Å². The molecule has 0 saturated carbocycles. The lowest BCUT2D eigenvalue weighted by molar-refractivity contribution is -0.111. The van der Waals surface area contributed by atoms with E-state index >= 15 is 0 Å². The largest absolute Gasteiger partial charge is 0.303 e. The fraction of sp³-hybridized carbons (Fsp3) is 0.438. The first kappa shape index (κ1) is 13.5. The zero-order chi connectivity index (χ0) is 12.5. The van der Waals surface area contributed by atoms with Gasteiger partial charge in [-0.1, -0.05) is 62.4 Å². The van der Waals surface area contributed by atoms with Crippen molar-refractivity contribution in [2.24, 2.45) is 5.92 Å². The molecule has 1 heteroatoms. The molecule has 0 N–H and O–H groups in total. The Balaban J connectivity index is 2.71. The molecule has 0 amide bonds. The van der Waals surface area contributed by atoms with Gasteiger partial charge in [0.15, 0.2) is 0 Å². The number of rotatable bonds is 7. The van der Waals surface area contributed by atoms with Gasteiger partial charge in [-0.05, 0) is 12.0 Å². The zero-order valence-electron chi connectivity index (χ0n) is 10.4. The van der Waals surface area contributed by atoms with E-state index in [9.17, 15) is 4.79 Å². The van der Waals surface area contributed by atoms with Crippen LogP contribution in [0.25, 0.3) is 0 Å². The summed E-state index contributed by atoms with van der Waals surface area (Å²) in [6.07, 6.45) is 10.9. The van der Waals surface area contributed by atoms with Gasteiger partial charge in [-0.2, -0.15) is 0 Å². The van der Waals surface area contributed by atoms with Crippen LogP contribution in [0.4, 0.5) is 0 Å². The van der Waals surface area contributed by atoms with E-state index < -0.39 is 0 Å². The van der Waals surface area contributed by atoms with Crippen molar-refractivity contribution in [3.63, 3.8) is 0 Å². The highest BCUT2D eigenvalue weighted by Gasteiger charge is 2.19. The maximum absolute atomic E-state index is 11.2. The summed E-state index contributed by atoms with van der Waals surface area (Å²) in [7, 11) is 0. The van der Waals surface area contributed by atoms with Crippen LogP contribution in [0.1, 0.15) is 44.1 Å². The molecule has 0 unspecified atom stereocenters. The molecule has 0 heterocycles. The van der Waals surface area contributed by atoms with Crippen LogP contribution in [0.3, 0.4) is 0 Å². The summed E-state index contributed by atoms with van der Waals surface area (Å²) < 4.78 is 0. The predicted octanol–water partition coefficient (Wildman–Crippen LogP) is 3.80. The maximum Gasteiger partial charge on any atom is 0.124 e. The topological polar surface area (TPSA) is 17.1 Å². The summed E-state index contributed by atoms with van der Waals surface area (Å²) in [5.74, 6) is 2.64. The summed E-state index contributed by atoms with van der Waals surface area (Å²) in [4.78, 5) is 11.2. The Morgan fingerprint density at radius 3 is 2.53 bits per heavy atom. The second-order valence-corrected chi connectivity index (χ2v) is 4.35. The van der Waals surface area contributed by atoms with Crippen LogP contribution in [0, 0.1) is 18.3 Å². The molecule has 0 spiro atoms. The highest BCUT2D eigenvalue weighted by atomic mass is 16.1. The van der Waals surface area contributed by atoms with Crippen molar-refractivity contribution in [1.82, 2.24) is 0 Å². The summed E-state index contributed by atoms with van der Waals surface area (Å²) in [6.45, 7) is 2.16. The lowest BCUT2D eigenvalue weighted by Gasteiger charge is -2.18. The van der Waals surface area contributed by atoms with E-state index in [0.29, 0.717) is 0 Å². The molecule has 0 aliphatic heterocycles. The van der Waals surface area contributed by atoms with Crippen molar-refractivity contribution in [2.45, 2.75) is 38.5 Å². The SMILES string of the molecule is C#C[C@@H](c1ccccc1)[C@H](C=O)CCCCC. The highest BCUT2D eigenvalue weighted by Crippen LogP contribution is 2.26. The molecule has 1 nitrogen and oxygen atoms in total. The Hall–Kier alpha value is -1.55. The predicted molar refractivity (Wildman–Crippen MR) is 71.7 cm³/mol. The lowest BCUT2D eigenvalue weighted by atomic mass is 9.84. The van der Waals surface area contributed by atoms with Crippen LogP contribution in [-0.4, -0.2) is 6.29 Å². The monoisotopic (exact) mass is 228 g/mol. The standard InChI is InChI=1S/C16H20O/c1-3-5-7-12-15(13-17)16(4-2)14-10-8-6-9-11-14/h2,6,8-11,13,15-16H,3,5,7,12H2,1H3/t15-,16-/m0/s1. The van der Waals surface area contributed by atoms with E-state index in [4.69, 9.17) is 6.42 Å². The Morgan fingerprint density at radius 1 is 1.29 bits per heavy atom. The minimum Gasteiger partial charge on any atom is -0.303 e. The molecule has 1 aromatic rings. The van der Waals surface area contributed by atoms with E-state index in [2.05, 4.69) is 12.8 Å². The Kier molecular flexibility index (Phi) is 6.10. The minimum absolute atomic E-state index is 0.0473. The number of benzene rings is 1. The first-order valence-corrected chi connectivity index (χ1v) is 6.29. The smallest absolute Gasteiger partial charge is 0.124 e. The number of aldehydes is 1. The molecule has 0 aliphatic rings. The number of hydrogen-bond acceptors (Lipinski definition) is 1. The van der Waals surface area contributed by atoms with Crippen molar-refractivity contribution in [3.05, 3.63) is 35.9 Å². The number of carbonyl (C=O) groups excluding carboxylic acids is 1. The molecule has 0 radical (unpaired) electrons. The number of hydrogen-bond donors (Lipinski definition) is 0. The number of carbonyl (C=O) groups is 1. The third kappa shape index (κ3) is 4.07. The molecule has 0 saturated heterocycles.